The number of nitrogens with zero attached hydrogens (tertiary/aromatic N) is 1. The van der Waals surface area contributed by atoms with Crippen molar-refractivity contribution in [1.82, 2.24) is 0 Å². The van der Waals surface area contributed by atoms with Crippen molar-refractivity contribution in [3.63, 3.8) is 0 Å². The van der Waals surface area contributed by atoms with Crippen molar-refractivity contribution in [2.45, 2.75) is 76.2 Å². The first-order valence-electron chi connectivity index (χ1n) is 13.8. The fourth-order valence-corrected chi connectivity index (χ4v) is 6.08. The third-order valence-corrected chi connectivity index (χ3v) is 8.41. The van der Waals surface area contributed by atoms with Crippen LogP contribution in [0.3, 0.4) is 0 Å². The van der Waals surface area contributed by atoms with Crippen molar-refractivity contribution in [3.05, 3.63) is 77.9 Å². The maximum absolute atomic E-state index is 14.3. The number of hydrogen-bond acceptors (Lipinski definition) is 2. The lowest BCUT2D eigenvalue weighted by atomic mass is 9.83. The highest BCUT2D eigenvalue weighted by Gasteiger charge is 2.47. The molecule has 0 heterocycles. The molecule has 3 nitrogen and oxygen atoms in total. The molecule has 0 aromatic heterocycles. The van der Waals surface area contributed by atoms with Crippen LogP contribution < -0.4 is 4.90 Å². The fourth-order valence-electron chi connectivity index (χ4n) is 6.08. The van der Waals surface area contributed by atoms with Gasteiger partial charge in [0, 0.05) is 24.6 Å². The number of aliphatic hydroxyl groups is 1. The van der Waals surface area contributed by atoms with Crippen LogP contribution in [-0.2, 0) is 17.6 Å². The first-order valence-corrected chi connectivity index (χ1v) is 13.8. The number of fused-ring (bicyclic) bond motifs is 1. The van der Waals surface area contributed by atoms with E-state index in [9.17, 15) is 18.7 Å². The Balaban J connectivity index is 1.33. The largest absolute Gasteiger partial charge is 0.387 e. The van der Waals surface area contributed by atoms with Crippen LogP contribution in [0.25, 0.3) is 10.8 Å². The van der Waals surface area contributed by atoms with Gasteiger partial charge in [0.1, 0.15) is 6.10 Å². The Morgan fingerprint density at radius 3 is 2.30 bits per heavy atom. The molecule has 1 amide bonds. The molecule has 37 heavy (non-hydrogen) atoms. The van der Waals surface area contributed by atoms with E-state index in [0.717, 1.165) is 34.4 Å². The lowest BCUT2D eigenvalue weighted by Gasteiger charge is -2.35. The van der Waals surface area contributed by atoms with Gasteiger partial charge in [-0.15, -0.1) is 0 Å². The summed E-state index contributed by atoms with van der Waals surface area (Å²) in [5.74, 6) is -3.47. The molecule has 3 aromatic rings. The zero-order chi connectivity index (χ0) is 25.8. The van der Waals surface area contributed by atoms with E-state index >= 15 is 0 Å². The van der Waals surface area contributed by atoms with E-state index in [1.54, 1.807) is 4.90 Å². The van der Waals surface area contributed by atoms with E-state index in [4.69, 9.17) is 0 Å². The van der Waals surface area contributed by atoms with Gasteiger partial charge in [0.15, 0.2) is 0 Å². The number of rotatable bonds is 8. The lowest BCUT2D eigenvalue weighted by molar-refractivity contribution is -0.154. The van der Waals surface area contributed by atoms with Crippen LogP contribution in [-0.4, -0.2) is 29.6 Å². The molecule has 5 heteroatoms. The molecule has 5 rings (SSSR count). The number of halogens is 2. The van der Waals surface area contributed by atoms with E-state index in [2.05, 4.69) is 42.5 Å². The first kappa shape index (κ1) is 25.8. The van der Waals surface area contributed by atoms with Crippen molar-refractivity contribution in [1.29, 1.82) is 0 Å². The summed E-state index contributed by atoms with van der Waals surface area (Å²) < 4.78 is 28.6. The molecule has 2 aliphatic rings. The van der Waals surface area contributed by atoms with E-state index < -0.39 is 24.4 Å². The molecule has 0 radical (unpaired) electrons. The second kappa shape index (κ2) is 11.3. The number of carbonyl (C=O) groups excluding carboxylic acids is 1. The van der Waals surface area contributed by atoms with E-state index in [1.165, 1.54) is 37.7 Å². The molecule has 2 aliphatic carbocycles. The molecule has 0 bridgehead atoms. The second-order valence-electron chi connectivity index (χ2n) is 11.0. The highest BCUT2D eigenvalue weighted by molar-refractivity contribution is 5.95. The summed E-state index contributed by atoms with van der Waals surface area (Å²) in [6, 6.07) is 22.6. The van der Waals surface area contributed by atoms with Crippen LogP contribution in [0, 0.1) is 11.8 Å². The molecule has 0 aliphatic heterocycles. The fraction of sp³-hybridized carbons (Fsp3) is 0.469. The van der Waals surface area contributed by atoms with Gasteiger partial charge in [0.2, 0.25) is 5.91 Å². The zero-order valence-corrected chi connectivity index (χ0v) is 21.4. The summed E-state index contributed by atoms with van der Waals surface area (Å²) in [6.45, 7) is 0.420. The number of aryl methyl sites for hydroxylation is 1. The van der Waals surface area contributed by atoms with Crippen molar-refractivity contribution in [2.24, 2.45) is 11.8 Å². The number of alkyl halides is 2. The van der Waals surface area contributed by atoms with Crippen LogP contribution >= 0.6 is 0 Å². The molecule has 2 fully saturated rings. The lowest BCUT2D eigenvalue weighted by Crippen LogP contribution is -2.46. The van der Waals surface area contributed by atoms with Crippen LogP contribution in [0.15, 0.2) is 66.7 Å². The predicted octanol–water partition coefficient (Wildman–Crippen LogP) is 7.33. The average Bonchev–Trinajstić information content (AvgIpc) is 3.43. The molecule has 2 atom stereocenters. The topological polar surface area (TPSA) is 40.5 Å². The van der Waals surface area contributed by atoms with E-state index in [-0.39, 0.29) is 18.7 Å². The van der Waals surface area contributed by atoms with Crippen LogP contribution in [0.1, 0.15) is 62.5 Å². The summed E-state index contributed by atoms with van der Waals surface area (Å²) in [6.07, 6.45) is 6.16. The predicted molar refractivity (Wildman–Crippen MR) is 145 cm³/mol. The zero-order valence-electron chi connectivity index (χ0n) is 21.4. The Bertz CT molecular complexity index is 1200. The highest BCUT2D eigenvalue weighted by Crippen LogP contribution is 2.38. The molecule has 1 N–H and O–H groups in total. The number of aliphatic hydroxyl groups excluding tert-OH is 1. The SMILES string of the molecule is O=C([C@H]1CC[C@@H](O)C(F)(F)C1)N(CCc1ccc2ccccc2c1)c1ccc(CCC2CCCC2)cc1. The van der Waals surface area contributed by atoms with Crippen molar-refractivity contribution in [2.75, 3.05) is 11.4 Å². The third kappa shape index (κ3) is 6.20. The number of amides is 1. The van der Waals surface area contributed by atoms with Gasteiger partial charge >= 0.3 is 0 Å². The van der Waals surface area contributed by atoms with Gasteiger partial charge in [-0.05, 0) is 72.1 Å². The molecule has 0 spiro atoms. The van der Waals surface area contributed by atoms with E-state index in [1.807, 2.05) is 24.3 Å². The highest BCUT2D eigenvalue weighted by atomic mass is 19.3. The van der Waals surface area contributed by atoms with Crippen LogP contribution in [0.2, 0.25) is 0 Å². The monoisotopic (exact) mass is 505 g/mol. The molecule has 2 saturated carbocycles. The number of carbonyl (C=O) groups is 1. The second-order valence-corrected chi connectivity index (χ2v) is 11.0. The maximum Gasteiger partial charge on any atom is 0.274 e. The molecule has 196 valence electrons. The Morgan fingerprint density at radius 1 is 0.865 bits per heavy atom. The number of hydrogen-bond donors (Lipinski definition) is 1. The minimum absolute atomic E-state index is 0.0535. The molecule has 0 unspecified atom stereocenters. The van der Waals surface area contributed by atoms with Gasteiger partial charge in [-0.2, -0.15) is 0 Å². The minimum atomic E-state index is -3.23. The molecular weight excluding hydrogens is 468 g/mol. The minimum Gasteiger partial charge on any atom is -0.387 e. The quantitative estimate of drug-likeness (QED) is 0.348. The summed E-state index contributed by atoms with van der Waals surface area (Å²) in [5, 5.41) is 12.0. The van der Waals surface area contributed by atoms with Gasteiger partial charge < -0.3 is 10.0 Å². The first-order chi connectivity index (χ1) is 17.9. The van der Waals surface area contributed by atoms with Gasteiger partial charge in [-0.25, -0.2) is 8.78 Å². The Morgan fingerprint density at radius 2 is 1.57 bits per heavy atom. The normalized spacial score (nSPS) is 21.8. The molecular formula is C32H37F2NO2. The van der Waals surface area contributed by atoms with Gasteiger partial charge in [-0.3, -0.25) is 4.79 Å². The van der Waals surface area contributed by atoms with Crippen molar-refractivity contribution < 1.29 is 18.7 Å². The van der Waals surface area contributed by atoms with Gasteiger partial charge in [0.05, 0.1) is 0 Å². The van der Waals surface area contributed by atoms with E-state index in [0.29, 0.717) is 13.0 Å². The number of anilines is 1. The summed E-state index contributed by atoms with van der Waals surface area (Å²) in [5.41, 5.74) is 3.11. The molecule has 3 aromatic carbocycles. The smallest absolute Gasteiger partial charge is 0.274 e. The standard InChI is InChI=1S/C32H37F2NO2/c33-32(34)22-28(15-18-30(32)36)31(37)35(20-19-25-11-14-26-7-3-4-8-27(26)21-25)29-16-12-24(13-17-29)10-9-23-5-1-2-6-23/h3-4,7-8,11-14,16-17,21,23,28,30,36H,1-2,5-6,9-10,15,18-20,22H2/t28-,30+/m0/s1. The third-order valence-electron chi connectivity index (χ3n) is 8.41. The number of benzene rings is 3. The Labute approximate surface area is 218 Å². The van der Waals surface area contributed by atoms with Crippen molar-refractivity contribution >= 4 is 22.4 Å². The van der Waals surface area contributed by atoms with Crippen LogP contribution in [0.5, 0.6) is 0 Å². The Kier molecular flexibility index (Phi) is 7.89. The summed E-state index contributed by atoms with van der Waals surface area (Å²) in [7, 11) is 0. The van der Waals surface area contributed by atoms with Gasteiger partial charge in [-0.1, -0.05) is 80.3 Å². The molecule has 0 saturated heterocycles. The maximum atomic E-state index is 14.3. The average molecular weight is 506 g/mol. The van der Waals surface area contributed by atoms with Crippen molar-refractivity contribution in [3.8, 4) is 0 Å². The van der Waals surface area contributed by atoms with Gasteiger partial charge in [0.25, 0.3) is 5.92 Å². The Hall–Kier alpha value is -2.79. The van der Waals surface area contributed by atoms with Crippen LogP contribution in [0.4, 0.5) is 14.5 Å². The summed E-state index contributed by atoms with van der Waals surface area (Å²) >= 11 is 0. The summed E-state index contributed by atoms with van der Waals surface area (Å²) in [4.78, 5) is 15.3.